The summed E-state index contributed by atoms with van der Waals surface area (Å²) in [6.45, 7) is 3.58. The number of nitrogens with zero attached hydrogens (tertiary/aromatic N) is 4. The van der Waals surface area contributed by atoms with Gasteiger partial charge in [0.2, 0.25) is 5.88 Å². The van der Waals surface area contributed by atoms with Gasteiger partial charge in [-0.1, -0.05) is 24.3 Å². The molecule has 0 aliphatic carbocycles. The highest BCUT2D eigenvalue weighted by Crippen LogP contribution is 2.24. The number of halogens is 1. The topological polar surface area (TPSA) is 41.5 Å². The molecule has 1 fully saturated rings. The van der Waals surface area contributed by atoms with Gasteiger partial charge in [0.25, 0.3) is 0 Å². The third-order valence-corrected chi connectivity index (χ3v) is 4.37. The fraction of sp³-hybridized carbons (Fsp3) is 0.200. The third-order valence-electron chi connectivity index (χ3n) is 4.37. The molecule has 0 atom stereocenters. The molecule has 0 unspecified atom stereocenters. The van der Waals surface area contributed by atoms with Crippen LogP contribution in [-0.2, 0) is 0 Å². The predicted octanol–water partition coefficient (Wildman–Crippen LogP) is 3.73. The second-order valence-electron chi connectivity index (χ2n) is 6.08. The van der Waals surface area contributed by atoms with Crippen molar-refractivity contribution < 1.29 is 9.13 Å². The van der Waals surface area contributed by atoms with E-state index in [1.54, 1.807) is 18.2 Å². The summed E-state index contributed by atoms with van der Waals surface area (Å²) < 4.78 is 18.9. The first-order valence-corrected chi connectivity index (χ1v) is 8.58. The van der Waals surface area contributed by atoms with Gasteiger partial charge in [0.1, 0.15) is 23.7 Å². The van der Waals surface area contributed by atoms with Crippen molar-refractivity contribution in [2.24, 2.45) is 0 Å². The molecule has 0 radical (unpaired) electrons. The first-order chi connectivity index (χ1) is 12.8. The minimum absolute atomic E-state index is 0.339. The zero-order valence-corrected chi connectivity index (χ0v) is 14.3. The Kier molecular flexibility index (Phi) is 4.64. The fourth-order valence-corrected chi connectivity index (χ4v) is 3.04. The van der Waals surface area contributed by atoms with E-state index in [1.165, 1.54) is 24.1 Å². The van der Waals surface area contributed by atoms with Gasteiger partial charge in [-0.15, -0.1) is 0 Å². The lowest BCUT2D eigenvalue weighted by atomic mass is 10.2. The Hall–Kier alpha value is -3.15. The molecule has 1 aliphatic heterocycles. The number of aromatic nitrogens is 2. The molecule has 0 bridgehead atoms. The van der Waals surface area contributed by atoms with Crippen LogP contribution in [0.3, 0.4) is 0 Å². The summed E-state index contributed by atoms with van der Waals surface area (Å²) in [5.41, 5.74) is 1.24. The maximum atomic E-state index is 13.3. The standard InChI is InChI=1S/C20H19FN4O/c21-16-5-4-8-18(13-16)26-20-14-19(22-15-23-20)25-11-9-24(10-12-25)17-6-2-1-3-7-17/h1-8,13-15H,9-12H2. The summed E-state index contributed by atoms with van der Waals surface area (Å²) >= 11 is 0. The maximum absolute atomic E-state index is 13.3. The van der Waals surface area contributed by atoms with Crippen molar-refractivity contribution in [1.29, 1.82) is 0 Å². The maximum Gasteiger partial charge on any atom is 0.224 e. The molecule has 0 spiro atoms. The first kappa shape index (κ1) is 16.3. The number of hydrogen-bond donors (Lipinski definition) is 0. The van der Waals surface area contributed by atoms with E-state index < -0.39 is 0 Å². The van der Waals surface area contributed by atoms with Gasteiger partial charge in [-0.05, 0) is 24.3 Å². The lowest BCUT2D eigenvalue weighted by Gasteiger charge is -2.36. The van der Waals surface area contributed by atoms with E-state index in [0.29, 0.717) is 11.6 Å². The fourth-order valence-electron chi connectivity index (χ4n) is 3.04. The van der Waals surface area contributed by atoms with Crippen LogP contribution in [0.5, 0.6) is 11.6 Å². The van der Waals surface area contributed by atoms with Gasteiger partial charge in [0.15, 0.2) is 0 Å². The SMILES string of the molecule is Fc1cccc(Oc2cc(N3CCN(c4ccccc4)CC3)ncn2)c1. The van der Waals surface area contributed by atoms with Gasteiger partial charge >= 0.3 is 0 Å². The predicted molar refractivity (Wildman–Crippen MR) is 99.4 cm³/mol. The average molecular weight is 350 g/mol. The quantitative estimate of drug-likeness (QED) is 0.717. The van der Waals surface area contributed by atoms with Gasteiger partial charge in [-0.3, -0.25) is 0 Å². The lowest BCUT2D eigenvalue weighted by Crippen LogP contribution is -2.46. The van der Waals surface area contributed by atoms with E-state index in [1.807, 2.05) is 6.07 Å². The zero-order valence-electron chi connectivity index (χ0n) is 14.3. The normalized spacial score (nSPS) is 14.3. The molecule has 0 N–H and O–H groups in total. The van der Waals surface area contributed by atoms with Crippen LogP contribution < -0.4 is 14.5 Å². The lowest BCUT2D eigenvalue weighted by molar-refractivity contribution is 0.456. The zero-order chi connectivity index (χ0) is 17.8. The van der Waals surface area contributed by atoms with Crippen LogP contribution in [-0.4, -0.2) is 36.1 Å². The molecule has 1 aliphatic rings. The number of hydrogen-bond acceptors (Lipinski definition) is 5. The van der Waals surface area contributed by atoms with Gasteiger partial charge in [0, 0.05) is 44.0 Å². The van der Waals surface area contributed by atoms with Crippen LogP contribution in [0.25, 0.3) is 0 Å². The van der Waals surface area contributed by atoms with Crippen molar-refractivity contribution in [1.82, 2.24) is 9.97 Å². The second-order valence-corrected chi connectivity index (χ2v) is 6.08. The number of benzene rings is 2. The van der Waals surface area contributed by atoms with Crippen LogP contribution in [0.2, 0.25) is 0 Å². The smallest absolute Gasteiger partial charge is 0.224 e. The Morgan fingerprint density at radius 2 is 1.58 bits per heavy atom. The number of rotatable bonds is 4. The van der Waals surface area contributed by atoms with E-state index in [2.05, 4.69) is 44.0 Å². The van der Waals surface area contributed by atoms with Crippen molar-refractivity contribution >= 4 is 11.5 Å². The van der Waals surface area contributed by atoms with E-state index in [0.717, 1.165) is 32.0 Å². The van der Waals surface area contributed by atoms with Crippen molar-refractivity contribution in [3.8, 4) is 11.6 Å². The minimum atomic E-state index is -0.339. The monoisotopic (exact) mass is 350 g/mol. The molecule has 2 heterocycles. The van der Waals surface area contributed by atoms with Crippen molar-refractivity contribution in [3.05, 3.63) is 72.8 Å². The molecule has 0 saturated carbocycles. The van der Waals surface area contributed by atoms with Crippen molar-refractivity contribution in [2.75, 3.05) is 36.0 Å². The summed E-state index contributed by atoms with van der Waals surface area (Å²) in [5.74, 6) is 1.31. The molecule has 5 nitrogen and oxygen atoms in total. The second kappa shape index (κ2) is 7.39. The average Bonchev–Trinajstić information content (AvgIpc) is 2.69. The molecule has 0 amide bonds. The van der Waals surface area contributed by atoms with Crippen LogP contribution in [0.15, 0.2) is 67.0 Å². The number of ether oxygens (including phenoxy) is 1. The molecule has 6 heteroatoms. The molecule has 3 aromatic rings. The van der Waals surface area contributed by atoms with Crippen LogP contribution in [0, 0.1) is 5.82 Å². The van der Waals surface area contributed by atoms with E-state index in [-0.39, 0.29) is 5.82 Å². The van der Waals surface area contributed by atoms with Gasteiger partial charge in [-0.25, -0.2) is 14.4 Å². The van der Waals surface area contributed by atoms with E-state index >= 15 is 0 Å². The number of piperazine rings is 1. The summed E-state index contributed by atoms with van der Waals surface area (Å²) in [4.78, 5) is 13.1. The molecule has 4 rings (SSSR count). The number of anilines is 2. The summed E-state index contributed by atoms with van der Waals surface area (Å²) in [5, 5.41) is 0. The Labute approximate surface area is 151 Å². The molecular weight excluding hydrogens is 331 g/mol. The molecule has 26 heavy (non-hydrogen) atoms. The Bertz CT molecular complexity index is 866. The third kappa shape index (κ3) is 3.74. The largest absolute Gasteiger partial charge is 0.439 e. The molecule has 1 aromatic heterocycles. The van der Waals surface area contributed by atoms with Gasteiger partial charge < -0.3 is 14.5 Å². The molecule has 2 aromatic carbocycles. The van der Waals surface area contributed by atoms with Gasteiger partial charge in [-0.2, -0.15) is 0 Å². The molecule has 132 valence electrons. The van der Waals surface area contributed by atoms with Crippen LogP contribution in [0.4, 0.5) is 15.9 Å². The summed E-state index contributed by atoms with van der Waals surface area (Å²) in [6.07, 6.45) is 1.48. The Morgan fingerprint density at radius 1 is 0.808 bits per heavy atom. The highest BCUT2D eigenvalue weighted by molar-refractivity contribution is 5.49. The highest BCUT2D eigenvalue weighted by Gasteiger charge is 2.19. The van der Waals surface area contributed by atoms with E-state index in [9.17, 15) is 4.39 Å². The van der Waals surface area contributed by atoms with Crippen LogP contribution >= 0.6 is 0 Å². The Balaban J connectivity index is 1.43. The summed E-state index contributed by atoms with van der Waals surface area (Å²) in [6, 6.07) is 18.2. The Morgan fingerprint density at radius 3 is 2.35 bits per heavy atom. The van der Waals surface area contributed by atoms with Crippen LogP contribution in [0.1, 0.15) is 0 Å². The highest BCUT2D eigenvalue weighted by atomic mass is 19.1. The van der Waals surface area contributed by atoms with Crippen molar-refractivity contribution in [2.45, 2.75) is 0 Å². The first-order valence-electron chi connectivity index (χ1n) is 8.58. The van der Waals surface area contributed by atoms with Gasteiger partial charge in [0.05, 0.1) is 0 Å². The van der Waals surface area contributed by atoms with E-state index in [4.69, 9.17) is 4.74 Å². The summed E-state index contributed by atoms with van der Waals surface area (Å²) in [7, 11) is 0. The molecule has 1 saturated heterocycles. The van der Waals surface area contributed by atoms with Crippen molar-refractivity contribution in [3.63, 3.8) is 0 Å². The molecular formula is C20H19FN4O. The number of para-hydroxylation sites is 1. The minimum Gasteiger partial charge on any atom is -0.439 e.